The Morgan fingerprint density at radius 1 is 1.21 bits per heavy atom. The molecule has 1 heterocycles. The summed E-state index contributed by atoms with van der Waals surface area (Å²) in [5.41, 5.74) is 6.76. The number of nitrogens with zero attached hydrogens (tertiary/aromatic N) is 1. The summed E-state index contributed by atoms with van der Waals surface area (Å²) in [6, 6.07) is 4.64. The van der Waals surface area contributed by atoms with Crippen LogP contribution in [0.25, 0.3) is 0 Å². The van der Waals surface area contributed by atoms with Crippen molar-refractivity contribution in [2.45, 2.75) is 0 Å². The smallest absolute Gasteiger partial charge is 0.257 e. The van der Waals surface area contributed by atoms with E-state index in [1.807, 2.05) is 0 Å². The van der Waals surface area contributed by atoms with Crippen LogP contribution in [0.4, 0.5) is 11.4 Å². The fourth-order valence-electron chi connectivity index (χ4n) is 1.39. The molecule has 0 saturated heterocycles. The normalized spacial score (nSPS) is 10.3. The van der Waals surface area contributed by atoms with Crippen molar-refractivity contribution in [2.24, 2.45) is 0 Å². The van der Waals surface area contributed by atoms with Crippen LogP contribution in [0.15, 0.2) is 35.1 Å². The van der Waals surface area contributed by atoms with Crippen LogP contribution >= 0.6 is 39.1 Å². The van der Waals surface area contributed by atoms with Gasteiger partial charge in [-0.2, -0.15) is 0 Å². The first kappa shape index (κ1) is 14.1. The van der Waals surface area contributed by atoms with Crippen molar-refractivity contribution >= 4 is 56.4 Å². The third kappa shape index (κ3) is 3.37. The van der Waals surface area contributed by atoms with Crippen LogP contribution in [0, 0.1) is 0 Å². The number of hydrogen-bond acceptors (Lipinski definition) is 3. The molecular formula is C12H8BrCl2N3O. The molecule has 0 aliphatic heterocycles. The van der Waals surface area contributed by atoms with Gasteiger partial charge in [0.2, 0.25) is 0 Å². The minimum Gasteiger partial charge on any atom is -0.397 e. The maximum Gasteiger partial charge on any atom is 0.257 e. The summed E-state index contributed by atoms with van der Waals surface area (Å²) in [5.74, 6) is -0.337. The number of carbonyl (C=O) groups excluding carboxylic acids is 1. The Morgan fingerprint density at radius 2 is 1.95 bits per heavy atom. The van der Waals surface area contributed by atoms with Gasteiger partial charge in [-0.05, 0) is 34.1 Å². The number of carbonyl (C=O) groups is 1. The van der Waals surface area contributed by atoms with Crippen molar-refractivity contribution in [3.8, 4) is 0 Å². The molecule has 2 aromatic rings. The van der Waals surface area contributed by atoms with Gasteiger partial charge in [-0.15, -0.1) is 0 Å². The van der Waals surface area contributed by atoms with Crippen molar-refractivity contribution in [1.29, 1.82) is 0 Å². The van der Waals surface area contributed by atoms with Crippen LogP contribution < -0.4 is 11.1 Å². The Morgan fingerprint density at radius 3 is 2.63 bits per heavy atom. The molecule has 0 saturated carbocycles. The lowest BCUT2D eigenvalue weighted by atomic mass is 10.2. The van der Waals surface area contributed by atoms with E-state index >= 15 is 0 Å². The minimum absolute atomic E-state index is 0.318. The molecule has 1 amide bonds. The van der Waals surface area contributed by atoms with E-state index in [0.29, 0.717) is 31.5 Å². The highest BCUT2D eigenvalue weighted by atomic mass is 79.9. The maximum absolute atomic E-state index is 12.0. The first-order valence-electron chi connectivity index (χ1n) is 5.14. The molecule has 0 fully saturated rings. The Labute approximate surface area is 128 Å². The molecule has 1 aromatic heterocycles. The molecule has 19 heavy (non-hydrogen) atoms. The van der Waals surface area contributed by atoms with E-state index in [1.165, 1.54) is 18.3 Å². The Hall–Kier alpha value is -1.30. The average Bonchev–Trinajstić information content (AvgIpc) is 2.36. The first-order chi connectivity index (χ1) is 8.97. The quantitative estimate of drug-likeness (QED) is 0.795. The standard InChI is InChI=1S/C12H8BrCl2N3O/c13-7-1-6(4-17-5-7)12(19)18-11-3-8(14)10(16)2-9(11)15/h1-5H,16H2,(H,18,19). The molecule has 0 unspecified atom stereocenters. The van der Waals surface area contributed by atoms with Crippen LogP contribution in [-0.2, 0) is 0 Å². The lowest BCUT2D eigenvalue weighted by molar-refractivity contribution is 0.102. The average molecular weight is 361 g/mol. The second-order valence-corrected chi connectivity index (χ2v) is 5.43. The van der Waals surface area contributed by atoms with Gasteiger partial charge < -0.3 is 11.1 Å². The predicted octanol–water partition coefficient (Wildman–Crippen LogP) is 3.99. The van der Waals surface area contributed by atoms with Gasteiger partial charge in [-0.1, -0.05) is 23.2 Å². The number of nitrogens with two attached hydrogens (primary N) is 1. The van der Waals surface area contributed by atoms with Crippen molar-refractivity contribution < 1.29 is 4.79 Å². The summed E-state index contributed by atoms with van der Waals surface area (Å²) in [6.45, 7) is 0. The van der Waals surface area contributed by atoms with E-state index in [-0.39, 0.29) is 5.91 Å². The molecular weight excluding hydrogens is 353 g/mol. The third-order valence-corrected chi connectivity index (χ3v) is 3.38. The number of anilines is 2. The molecule has 0 spiro atoms. The zero-order valence-corrected chi connectivity index (χ0v) is 12.6. The van der Waals surface area contributed by atoms with Crippen LogP contribution in [0.3, 0.4) is 0 Å². The van der Waals surface area contributed by atoms with Crippen LogP contribution in [0.5, 0.6) is 0 Å². The van der Waals surface area contributed by atoms with Crippen molar-refractivity contribution in [2.75, 3.05) is 11.1 Å². The van der Waals surface area contributed by atoms with Gasteiger partial charge in [0.15, 0.2) is 0 Å². The topological polar surface area (TPSA) is 68.0 Å². The summed E-state index contributed by atoms with van der Waals surface area (Å²) in [4.78, 5) is 15.9. The number of rotatable bonds is 2. The molecule has 0 bridgehead atoms. The summed E-state index contributed by atoms with van der Waals surface area (Å²) < 4.78 is 0.710. The monoisotopic (exact) mass is 359 g/mol. The van der Waals surface area contributed by atoms with E-state index in [9.17, 15) is 4.79 Å². The van der Waals surface area contributed by atoms with Gasteiger partial charge in [-0.25, -0.2) is 0 Å². The van der Waals surface area contributed by atoms with E-state index in [1.54, 1.807) is 12.3 Å². The van der Waals surface area contributed by atoms with Crippen molar-refractivity contribution in [1.82, 2.24) is 4.98 Å². The number of halogens is 3. The van der Waals surface area contributed by atoms with E-state index < -0.39 is 0 Å². The highest BCUT2D eigenvalue weighted by Crippen LogP contribution is 2.31. The second-order valence-electron chi connectivity index (χ2n) is 3.70. The first-order valence-corrected chi connectivity index (χ1v) is 6.68. The predicted molar refractivity (Wildman–Crippen MR) is 80.8 cm³/mol. The number of benzene rings is 1. The van der Waals surface area contributed by atoms with Crippen molar-refractivity contribution in [3.05, 3.63) is 50.7 Å². The van der Waals surface area contributed by atoms with Crippen LogP contribution in [0.2, 0.25) is 10.0 Å². The number of nitrogens with one attached hydrogen (secondary N) is 1. The van der Waals surface area contributed by atoms with Gasteiger partial charge >= 0.3 is 0 Å². The molecule has 3 N–H and O–H groups in total. The molecule has 0 atom stereocenters. The summed E-state index contributed by atoms with van der Waals surface area (Å²) in [7, 11) is 0. The van der Waals surface area contributed by atoms with Gasteiger partial charge in [0, 0.05) is 16.9 Å². The van der Waals surface area contributed by atoms with Crippen LogP contribution in [-0.4, -0.2) is 10.9 Å². The zero-order valence-electron chi connectivity index (χ0n) is 9.45. The van der Waals surface area contributed by atoms with Gasteiger partial charge in [0.25, 0.3) is 5.91 Å². The number of pyridine rings is 1. The molecule has 98 valence electrons. The summed E-state index contributed by atoms with van der Waals surface area (Å²) >= 11 is 15.1. The van der Waals surface area contributed by atoms with Gasteiger partial charge in [0.05, 0.1) is 27.0 Å². The van der Waals surface area contributed by atoms with Gasteiger partial charge in [0.1, 0.15) is 0 Å². The number of nitrogen functional groups attached to an aromatic ring is 1. The van der Waals surface area contributed by atoms with E-state index in [0.717, 1.165) is 0 Å². The third-order valence-electron chi connectivity index (χ3n) is 2.30. The van der Waals surface area contributed by atoms with Crippen molar-refractivity contribution in [3.63, 3.8) is 0 Å². The largest absolute Gasteiger partial charge is 0.397 e. The minimum atomic E-state index is -0.337. The Bertz CT molecular complexity index is 649. The summed E-state index contributed by atoms with van der Waals surface area (Å²) in [5, 5.41) is 3.29. The lowest BCUT2D eigenvalue weighted by Crippen LogP contribution is -2.12. The maximum atomic E-state index is 12.0. The SMILES string of the molecule is Nc1cc(Cl)c(NC(=O)c2cncc(Br)c2)cc1Cl. The fourth-order valence-corrected chi connectivity index (χ4v) is 2.14. The highest BCUT2D eigenvalue weighted by molar-refractivity contribution is 9.10. The second kappa shape index (κ2) is 5.77. The zero-order chi connectivity index (χ0) is 14.0. The molecule has 2 rings (SSSR count). The fraction of sp³-hybridized carbons (Fsp3) is 0. The molecule has 0 radical (unpaired) electrons. The number of amides is 1. The van der Waals surface area contributed by atoms with E-state index in [4.69, 9.17) is 28.9 Å². The molecule has 7 heteroatoms. The van der Waals surface area contributed by atoms with Crippen LogP contribution in [0.1, 0.15) is 10.4 Å². The van der Waals surface area contributed by atoms with Gasteiger partial charge in [-0.3, -0.25) is 9.78 Å². The molecule has 4 nitrogen and oxygen atoms in total. The van der Waals surface area contributed by atoms with E-state index in [2.05, 4.69) is 26.2 Å². The summed E-state index contributed by atoms with van der Waals surface area (Å²) in [6.07, 6.45) is 3.04. The molecule has 0 aliphatic rings. The number of aromatic nitrogens is 1. The number of hydrogen-bond donors (Lipinski definition) is 2. The Kier molecular flexibility index (Phi) is 4.29. The molecule has 0 aliphatic carbocycles. The Balaban J connectivity index is 2.27. The highest BCUT2D eigenvalue weighted by Gasteiger charge is 2.11. The lowest BCUT2D eigenvalue weighted by Gasteiger charge is -2.09. The molecule has 1 aromatic carbocycles.